The molecule has 1 N–H and O–H groups in total. The highest BCUT2D eigenvalue weighted by Crippen LogP contribution is 2.28. The first kappa shape index (κ1) is 22.3. The van der Waals surface area contributed by atoms with Crippen LogP contribution in [0.25, 0.3) is 11.0 Å². The predicted octanol–water partition coefficient (Wildman–Crippen LogP) is 5.15. The fourth-order valence-electron chi connectivity index (χ4n) is 3.97. The van der Waals surface area contributed by atoms with Crippen LogP contribution in [0.15, 0.2) is 60.7 Å². The third kappa shape index (κ3) is 4.82. The summed E-state index contributed by atoms with van der Waals surface area (Å²) in [5.74, 6) is 0.294. The number of aryl methyl sites for hydroxylation is 3. The van der Waals surface area contributed by atoms with Crippen molar-refractivity contribution >= 4 is 34.0 Å². The summed E-state index contributed by atoms with van der Waals surface area (Å²) >= 11 is 0. The first-order chi connectivity index (χ1) is 15.8. The van der Waals surface area contributed by atoms with E-state index in [4.69, 9.17) is 4.74 Å². The maximum atomic E-state index is 13.2. The number of nitrogens with zero attached hydrogens (tertiary/aromatic N) is 4. The summed E-state index contributed by atoms with van der Waals surface area (Å²) in [7, 11) is 1.83. The Morgan fingerprint density at radius 3 is 2.39 bits per heavy atom. The van der Waals surface area contributed by atoms with Crippen LogP contribution in [0.2, 0.25) is 0 Å². The van der Waals surface area contributed by atoms with Gasteiger partial charge in [-0.1, -0.05) is 18.2 Å². The van der Waals surface area contributed by atoms with E-state index < -0.39 is 0 Å². The lowest BCUT2D eigenvalue weighted by atomic mass is 10.2. The average molecular weight is 444 g/mol. The summed E-state index contributed by atoms with van der Waals surface area (Å²) in [4.78, 5) is 19.4. The smallest absolute Gasteiger partial charge is 0.265 e. The zero-order valence-corrected chi connectivity index (χ0v) is 19.7. The summed E-state index contributed by atoms with van der Waals surface area (Å²) in [5, 5.41) is 8.64. The van der Waals surface area contributed by atoms with E-state index in [-0.39, 0.29) is 18.6 Å². The standard InChI is InChI=1S/C26H29N5O2/c1-17(2)31(22-13-11-21(12-14-22)28-20-9-7-6-8-10-20)23(32)16-33-26-24-18(3)15-19(4)27-25(24)30(5)29-26/h6-15,17,28H,16H2,1-5H3. The van der Waals surface area contributed by atoms with Crippen LogP contribution in [0.4, 0.5) is 17.1 Å². The van der Waals surface area contributed by atoms with Crippen molar-refractivity contribution < 1.29 is 9.53 Å². The van der Waals surface area contributed by atoms with Crippen LogP contribution < -0.4 is 15.0 Å². The molecule has 170 valence electrons. The Kier molecular flexibility index (Phi) is 6.31. The molecule has 0 saturated carbocycles. The fraction of sp³-hybridized carbons (Fsp3) is 0.269. The van der Waals surface area contributed by atoms with Crippen molar-refractivity contribution in [1.29, 1.82) is 0 Å². The molecule has 0 atom stereocenters. The Morgan fingerprint density at radius 1 is 1.06 bits per heavy atom. The second kappa shape index (κ2) is 9.32. The van der Waals surface area contributed by atoms with Gasteiger partial charge < -0.3 is 15.0 Å². The number of rotatable bonds is 7. The Hall–Kier alpha value is -3.87. The number of hydrogen-bond acceptors (Lipinski definition) is 5. The normalized spacial score (nSPS) is 11.1. The van der Waals surface area contributed by atoms with Gasteiger partial charge in [0.1, 0.15) is 0 Å². The number of ether oxygens (including phenoxy) is 1. The number of para-hydroxylation sites is 1. The molecular weight excluding hydrogens is 414 g/mol. The molecule has 4 rings (SSSR count). The molecule has 4 aromatic rings. The van der Waals surface area contributed by atoms with Crippen molar-refractivity contribution in [3.8, 4) is 5.88 Å². The summed E-state index contributed by atoms with van der Waals surface area (Å²) < 4.78 is 7.59. The quantitative estimate of drug-likeness (QED) is 0.428. The molecule has 0 saturated heterocycles. The number of amides is 1. The van der Waals surface area contributed by atoms with Gasteiger partial charge in [0.05, 0.1) is 5.39 Å². The Bertz CT molecular complexity index is 1260. The van der Waals surface area contributed by atoms with Gasteiger partial charge in [-0.3, -0.25) is 4.79 Å². The maximum absolute atomic E-state index is 13.2. The molecule has 2 aromatic carbocycles. The third-order valence-electron chi connectivity index (χ3n) is 5.41. The minimum Gasteiger partial charge on any atom is -0.466 e. The van der Waals surface area contributed by atoms with Crippen molar-refractivity contribution in [2.75, 3.05) is 16.8 Å². The van der Waals surface area contributed by atoms with E-state index >= 15 is 0 Å². The molecule has 0 aliphatic carbocycles. The molecule has 0 fully saturated rings. The van der Waals surface area contributed by atoms with Gasteiger partial charge in [-0.05, 0) is 75.7 Å². The summed E-state index contributed by atoms with van der Waals surface area (Å²) in [6, 6.07) is 19.7. The number of fused-ring (bicyclic) bond motifs is 1. The molecule has 0 aliphatic heterocycles. The number of hydrogen-bond donors (Lipinski definition) is 1. The molecule has 1 amide bonds. The summed E-state index contributed by atoms with van der Waals surface area (Å²) in [6.07, 6.45) is 0. The molecule has 0 bridgehead atoms. The molecule has 7 heteroatoms. The highest BCUT2D eigenvalue weighted by atomic mass is 16.5. The van der Waals surface area contributed by atoms with Gasteiger partial charge in [-0.15, -0.1) is 5.10 Å². The highest BCUT2D eigenvalue weighted by Gasteiger charge is 2.22. The minimum absolute atomic E-state index is 0.0273. The topological polar surface area (TPSA) is 72.3 Å². The Balaban J connectivity index is 1.50. The monoisotopic (exact) mass is 443 g/mol. The lowest BCUT2D eigenvalue weighted by Gasteiger charge is -2.27. The van der Waals surface area contributed by atoms with Gasteiger partial charge in [0.25, 0.3) is 5.91 Å². The molecule has 2 aromatic heterocycles. The fourth-order valence-corrected chi connectivity index (χ4v) is 3.97. The number of benzene rings is 2. The van der Waals surface area contributed by atoms with Crippen molar-refractivity contribution in [3.05, 3.63) is 71.9 Å². The summed E-state index contributed by atoms with van der Waals surface area (Å²) in [6.45, 7) is 7.81. The van der Waals surface area contributed by atoms with Gasteiger partial charge in [0.15, 0.2) is 12.3 Å². The summed E-state index contributed by atoms with van der Waals surface area (Å²) in [5.41, 5.74) is 5.47. The van der Waals surface area contributed by atoms with E-state index in [2.05, 4.69) is 15.4 Å². The number of pyridine rings is 1. The molecular formula is C26H29N5O2. The van der Waals surface area contributed by atoms with Crippen molar-refractivity contribution in [1.82, 2.24) is 14.8 Å². The van der Waals surface area contributed by atoms with Crippen LogP contribution in [0.1, 0.15) is 25.1 Å². The van der Waals surface area contributed by atoms with E-state index in [1.807, 2.05) is 95.4 Å². The molecule has 33 heavy (non-hydrogen) atoms. The molecule has 0 aliphatic rings. The van der Waals surface area contributed by atoms with E-state index in [0.29, 0.717) is 5.88 Å². The number of carbonyl (C=O) groups excluding carboxylic acids is 1. The van der Waals surface area contributed by atoms with E-state index in [1.54, 1.807) is 9.58 Å². The Morgan fingerprint density at radius 2 is 1.73 bits per heavy atom. The number of aromatic nitrogens is 3. The Labute approximate surface area is 194 Å². The largest absolute Gasteiger partial charge is 0.466 e. The predicted molar refractivity (Wildman–Crippen MR) is 132 cm³/mol. The van der Waals surface area contributed by atoms with Gasteiger partial charge in [-0.2, -0.15) is 0 Å². The third-order valence-corrected chi connectivity index (χ3v) is 5.41. The highest BCUT2D eigenvalue weighted by molar-refractivity contribution is 5.95. The zero-order valence-electron chi connectivity index (χ0n) is 19.7. The van der Waals surface area contributed by atoms with Crippen molar-refractivity contribution in [3.63, 3.8) is 0 Å². The number of nitrogens with one attached hydrogen (secondary N) is 1. The van der Waals surface area contributed by atoms with Crippen molar-refractivity contribution in [2.45, 2.75) is 33.7 Å². The van der Waals surface area contributed by atoms with Gasteiger partial charge in [0, 0.05) is 35.8 Å². The number of carbonyl (C=O) groups is 1. The average Bonchev–Trinajstić information content (AvgIpc) is 3.10. The first-order valence-electron chi connectivity index (χ1n) is 11.0. The molecule has 0 spiro atoms. The minimum atomic E-state index is -0.134. The second-order valence-electron chi connectivity index (χ2n) is 8.39. The van der Waals surface area contributed by atoms with Gasteiger partial charge in [0.2, 0.25) is 5.88 Å². The maximum Gasteiger partial charge on any atom is 0.265 e. The van der Waals surface area contributed by atoms with Crippen LogP contribution in [0, 0.1) is 13.8 Å². The molecule has 0 radical (unpaired) electrons. The molecule has 0 unspecified atom stereocenters. The number of anilines is 3. The zero-order chi connectivity index (χ0) is 23.5. The molecule has 2 heterocycles. The van der Waals surface area contributed by atoms with Crippen LogP contribution in [0.3, 0.4) is 0 Å². The van der Waals surface area contributed by atoms with Crippen LogP contribution in [-0.2, 0) is 11.8 Å². The van der Waals surface area contributed by atoms with E-state index in [0.717, 1.165) is 39.4 Å². The first-order valence-corrected chi connectivity index (χ1v) is 11.0. The van der Waals surface area contributed by atoms with E-state index in [9.17, 15) is 4.79 Å². The second-order valence-corrected chi connectivity index (χ2v) is 8.39. The van der Waals surface area contributed by atoms with Crippen LogP contribution in [0.5, 0.6) is 5.88 Å². The van der Waals surface area contributed by atoms with Gasteiger partial charge >= 0.3 is 0 Å². The lowest BCUT2D eigenvalue weighted by Crippen LogP contribution is -2.40. The van der Waals surface area contributed by atoms with Gasteiger partial charge in [-0.25, -0.2) is 9.67 Å². The molecule has 7 nitrogen and oxygen atoms in total. The lowest BCUT2D eigenvalue weighted by molar-refractivity contribution is -0.121. The SMILES string of the molecule is Cc1cc(C)c2c(OCC(=O)N(c3ccc(Nc4ccccc4)cc3)C(C)C)nn(C)c2n1. The van der Waals surface area contributed by atoms with Crippen LogP contribution >= 0.6 is 0 Å². The van der Waals surface area contributed by atoms with Crippen LogP contribution in [-0.4, -0.2) is 33.3 Å². The van der Waals surface area contributed by atoms with E-state index in [1.165, 1.54) is 0 Å². The van der Waals surface area contributed by atoms with Crippen molar-refractivity contribution in [2.24, 2.45) is 7.05 Å².